The van der Waals surface area contributed by atoms with Crippen LogP contribution < -0.4 is 9.47 Å². The van der Waals surface area contributed by atoms with Gasteiger partial charge in [-0.25, -0.2) is 0 Å². The van der Waals surface area contributed by atoms with E-state index in [1.54, 1.807) is 0 Å². The van der Waals surface area contributed by atoms with Crippen LogP contribution in [0.4, 0.5) is 22.7 Å². The van der Waals surface area contributed by atoms with E-state index in [1.807, 2.05) is 0 Å². The average molecular weight is 476 g/mol. The molecule has 0 bridgehead atoms. The zero-order chi connectivity index (χ0) is 25.4. The van der Waals surface area contributed by atoms with Gasteiger partial charge in [0.15, 0.2) is 0 Å². The van der Waals surface area contributed by atoms with Gasteiger partial charge in [0.1, 0.15) is 0 Å². The Hall–Kier alpha value is -5.28. The van der Waals surface area contributed by atoms with E-state index in [1.165, 1.54) is 0 Å². The minimum atomic E-state index is -0.979. The summed E-state index contributed by atoms with van der Waals surface area (Å²) < 4.78 is 9.63. The summed E-state index contributed by atoms with van der Waals surface area (Å²) in [6, 6.07) is 4.88. The molecular formula is C18H12N4O12. The second-order valence-electron chi connectivity index (χ2n) is 6.16. The highest BCUT2D eigenvalue weighted by atomic mass is 16.6. The lowest BCUT2D eigenvalue weighted by molar-refractivity contribution is -0.394. The molecule has 2 aromatic carbocycles. The van der Waals surface area contributed by atoms with Crippen molar-refractivity contribution in [3.05, 3.63) is 89.0 Å². The number of carbonyl (C=O) groups is 2. The van der Waals surface area contributed by atoms with Gasteiger partial charge in [-0.1, -0.05) is 12.2 Å². The summed E-state index contributed by atoms with van der Waals surface area (Å²) in [5.74, 6) is -2.99. The van der Waals surface area contributed by atoms with Gasteiger partial charge in [-0.05, 0) is 12.1 Å². The molecule has 2 rings (SSSR count). The van der Waals surface area contributed by atoms with Crippen molar-refractivity contribution in [3.8, 4) is 11.5 Å². The van der Waals surface area contributed by atoms with Gasteiger partial charge in [-0.2, -0.15) is 0 Å². The lowest BCUT2D eigenvalue weighted by Crippen LogP contribution is -2.09. The Balaban J connectivity index is 1.96. The number of non-ortho nitro benzene ring substituents is 2. The number of benzene rings is 2. The smallest absolute Gasteiger partial charge is 0.318 e. The molecule has 0 spiro atoms. The van der Waals surface area contributed by atoms with Crippen LogP contribution in [0.2, 0.25) is 0 Å². The number of esters is 2. The minimum Gasteiger partial charge on any atom is -0.419 e. The van der Waals surface area contributed by atoms with Gasteiger partial charge in [0, 0.05) is 12.1 Å². The quantitative estimate of drug-likeness (QED) is 0.158. The molecule has 0 heterocycles. The molecule has 0 N–H and O–H groups in total. The zero-order valence-corrected chi connectivity index (χ0v) is 16.7. The van der Waals surface area contributed by atoms with Crippen LogP contribution in [0.5, 0.6) is 11.5 Å². The minimum absolute atomic E-state index is 0.445. The molecule has 16 heteroatoms. The van der Waals surface area contributed by atoms with Gasteiger partial charge in [-0.15, -0.1) is 0 Å². The molecule has 2 aromatic rings. The fraction of sp³-hybridized carbons (Fsp3) is 0.111. The van der Waals surface area contributed by atoms with Crippen LogP contribution in [0.15, 0.2) is 48.6 Å². The monoisotopic (exact) mass is 476 g/mol. The number of nitro benzene ring substituents is 4. The summed E-state index contributed by atoms with van der Waals surface area (Å²) in [5, 5.41) is 43.5. The Morgan fingerprint density at radius 1 is 0.647 bits per heavy atom. The standard InChI is InChI=1S/C18H12N4O12/c23-17(33-15-7-5-11(19(25)26)9-13(15)21(29)30)3-1-2-4-18(24)34-16-8-6-12(20(27)28)10-14(16)22(31)32/h1-2,5-10H,3-4H2. The van der Waals surface area contributed by atoms with E-state index in [0.717, 1.165) is 36.4 Å². The highest BCUT2D eigenvalue weighted by Gasteiger charge is 2.23. The first-order valence-corrected chi connectivity index (χ1v) is 8.91. The highest BCUT2D eigenvalue weighted by molar-refractivity contribution is 5.77. The molecule has 0 amide bonds. The SMILES string of the molecule is O=C(CC=CCC(=O)Oc1ccc([N+](=O)[O-])cc1[N+](=O)[O-])Oc1ccc([N+](=O)[O-])cc1[N+](=O)[O-]. The molecule has 0 fully saturated rings. The summed E-state index contributed by atoms with van der Waals surface area (Å²) in [5.41, 5.74) is -2.73. The molecule has 0 aromatic heterocycles. The third kappa shape index (κ3) is 6.61. The maximum atomic E-state index is 11.9. The number of nitrogens with zero attached hydrogens (tertiary/aromatic N) is 4. The Bertz CT molecular complexity index is 1130. The van der Waals surface area contributed by atoms with Crippen LogP contribution in [0.25, 0.3) is 0 Å². The lowest BCUT2D eigenvalue weighted by atomic mass is 10.2. The first kappa shape index (κ1) is 25.0. The van der Waals surface area contributed by atoms with Crippen molar-refractivity contribution in [3.63, 3.8) is 0 Å². The van der Waals surface area contributed by atoms with E-state index in [9.17, 15) is 50.0 Å². The molecule has 0 saturated carbocycles. The highest BCUT2D eigenvalue weighted by Crippen LogP contribution is 2.32. The Labute approximate surface area is 187 Å². The van der Waals surface area contributed by atoms with E-state index >= 15 is 0 Å². The Morgan fingerprint density at radius 2 is 1.00 bits per heavy atom. The first-order chi connectivity index (χ1) is 16.0. The van der Waals surface area contributed by atoms with Crippen molar-refractivity contribution < 1.29 is 38.8 Å². The number of carbonyl (C=O) groups excluding carboxylic acids is 2. The summed E-state index contributed by atoms with van der Waals surface area (Å²) in [7, 11) is 0. The van der Waals surface area contributed by atoms with Crippen LogP contribution in [0.1, 0.15) is 12.8 Å². The number of ether oxygens (including phenoxy) is 2. The zero-order valence-electron chi connectivity index (χ0n) is 16.7. The summed E-state index contributed by atoms with van der Waals surface area (Å²) >= 11 is 0. The maximum absolute atomic E-state index is 11.9. The molecule has 0 aliphatic heterocycles. The molecule has 176 valence electrons. The van der Waals surface area contributed by atoms with Crippen LogP contribution in [0, 0.1) is 40.5 Å². The van der Waals surface area contributed by atoms with Gasteiger partial charge in [-0.3, -0.25) is 50.0 Å². The molecule has 0 aliphatic carbocycles. The molecule has 0 atom stereocenters. The molecule has 0 unspecified atom stereocenters. The van der Waals surface area contributed by atoms with E-state index in [4.69, 9.17) is 9.47 Å². The lowest BCUT2D eigenvalue weighted by Gasteiger charge is -2.04. The summed E-state index contributed by atoms with van der Waals surface area (Å²) in [6.45, 7) is 0. The Morgan fingerprint density at radius 3 is 1.29 bits per heavy atom. The van der Waals surface area contributed by atoms with Gasteiger partial charge >= 0.3 is 23.3 Å². The van der Waals surface area contributed by atoms with Crippen molar-refractivity contribution in [2.24, 2.45) is 0 Å². The number of hydrogen-bond donors (Lipinski definition) is 0. The van der Waals surface area contributed by atoms with E-state index in [0.29, 0.717) is 12.1 Å². The van der Waals surface area contributed by atoms with Crippen LogP contribution >= 0.6 is 0 Å². The van der Waals surface area contributed by atoms with Crippen molar-refractivity contribution in [1.29, 1.82) is 0 Å². The predicted octanol–water partition coefficient (Wildman–Crippen LogP) is 3.17. The molecule has 0 saturated heterocycles. The fourth-order valence-corrected chi connectivity index (χ4v) is 2.38. The number of rotatable bonds is 10. The van der Waals surface area contributed by atoms with Crippen LogP contribution in [-0.4, -0.2) is 31.6 Å². The van der Waals surface area contributed by atoms with Crippen LogP contribution in [-0.2, 0) is 9.59 Å². The third-order valence-corrected chi connectivity index (χ3v) is 3.88. The van der Waals surface area contributed by atoms with Gasteiger partial charge < -0.3 is 9.47 Å². The van der Waals surface area contributed by atoms with Crippen molar-refractivity contribution in [1.82, 2.24) is 0 Å². The third-order valence-electron chi connectivity index (χ3n) is 3.88. The first-order valence-electron chi connectivity index (χ1n) is 8.91. The van der Waals surface area contributed by atoms with Crippen molar-refractivity contribution >= 4 is 34.7 Å². The van der Waals surface area contributed by atoms with Gasteiger partial charge in [0.25, 0.3) is 11.4 Å². The normalized spacial score (nSPS) is 10.5. The van der Waals surface area contributed by atoms with E-state index in [2.05, 4.69) is 0 Å². The van der Waals surface area contributed by atoms with Gasteiger partial charge in [0.2, 0.25) is 11.5 Å². The molecule has 0 aliphatic rings. The Kier molecular flexibility index (Phi) is 7.97. The predicted molar refractivity (Wildman–Crippen MR) is 109 cm³/mol. The second kappa shape index (κ2) is 10.8. The number of hydrogen-bond acceptors (Lipinski definition) is 12. The van der Waals surface area contributed by atoms with E-state index < -0.39 is 78.7 Å². The molecule has 34 heavy (non-hydrogen) atoms. The number of nitro groups is 4. The van der Waals surface area contributed by atoms with Gasteiger partial charge in [0.05, 0.1) is 44.7 Å². The largest absolute Gasteiger partial charge is 0.419 e. The van der Waals surface area contributed by atoms with Crippen molar-refractivity contribution in [2.75, 3.05) is 0 Å². The fourth-order valence-electron chi connectivity index (χ4n) is 2.38. The van der Waals surface area contributed by atoms with Crippen molar-refractivity contribution in [2.45, 2.75) is 12.8 Å². The van der Waals surface area contributed by atoms with Crippen LogP contribution in [0.3, 0.4) is 0 Å². The molecular weight excluding hydrogens is 464 g/mol. The summed E-state index contributed by atoms with van der Waals surface area (Å²) in [4.78, 5) is 63.6. The average Bonchev–Trinajstić information content (AvgIpc) is 2.76. The summed E-state index contributed by atoms with van der Waals surface area (Å²) in [6.07, 6.45) is 1.42. The van der Waals surface area contributed by atoms with E-state index in [-0.39, 0.29) is 0 Å². The molecule has 16 nitrogen and oxygen atoms in total. The maximum Gasteiger partial charge on any atom is 0.318 e. The second-order valence-corrected chi connectivity index (χ2v) is 6.16. The topological polar surface area (TPSA) is 225 Å². The molecule has 0 radical (unpaired) electrons.